The molecule has 0 aliphatic rings. The number of hydrogen-bond acceptors (Lipinski definition) is 6. The number of thiophene rings is 1. The summed E-state index contributed by atoms with van der Waals surface area (Å²) in [5, 5.41) is 6.69. The predicted octanol–water partition coefficient (Wildman–Crippen LogP) is 5.31. The highest BCUT2D eigenvalue weighted by atomic mass is 32.1. The molecule has 0 saturated carbocycles. The first-order chi connectivity index (χ1) is 15.8. The molecule has 33 heavy (non-hydrogen) atoms. The maximum atomic E-state index is 12.5. The Morgan fingerprint density at radius 3 is 2.33 bits per heavy atom. The largest absolute Gasteiger partial charge is 0.383 e. The molecule has 0 radical (unpaired) electrons. The molecule has 2 heterocycles. The molecular weight excluding hydrogens is 432 g/mol. The van der Waals surface area contributed by atoms with Crippen LogP contribution in [0.5, 0.6) is 0 Å². The number of likely N-dealkylation sites (N-methyl/N-ethyl adjacent to an activating group) is 1. The van der Waals surface area contributed by atoms with Gasteiger partial charge in [0.05, 0.1) is 5.39 Å². The molecule has 0 bridgehead atoms. The number of carbonyl (C=O) groups excluding carboxylic acids is 1. The Bertz CT molecular complexity index is 1280. The minimum absolute atomic E-state index is 0.280. The Hall–Kier alpha value is -3.49. The lowest BCUT2D eigenvalue weighted by Crippen LogP contribution is -2.19. The fourth-order valence-electron chi connectivity index (χ4n) is 3.87. The first kappa shape index (κ1) is 22.7. The predicted molar refractivity (Wildman–Crippen MR) is 138 cm³/mol. The average Bonchev–Trinajstić information content (AvgIpc) is 3.12. The standard InChI is InChI=1S/C25H28N6OS/c1-15-11-16(2)13-19(12-15)30-25(32)29-18-7-5-17(6-8-18)21-20(9-10-31(3)4)33-24-22(21)23(26)27-14-28-24/h5-8,11-14H,9-10H2,1-4H3,(H2,26,27,28)(H2,29,30,32). The first-order valence-electron chi connectivity index (χ1n) is 10.7. The van der Waals surface area contributed by atoms with Crippen LogP contribution in [0.25, 0.3) is 21.3 Å². The van der Waals surface area contributed by atoms with E-state index in [1.54, 1.807) is 11.3 Å². The molecule has 170 valence electrons. The lowest BCUT2D eigenvalue weighted by molar-refractivity contribution is 0.262. The van der Waals surface area contributed by atoms with Gasteiger partial charge in [-0.1, -0.05) is 18.2 Å². The summed E-state index contributed by atoms with van der Waals surface area (Å²) in [6, 6.07) is 13.5. The van der Waals surface area contributed by atoms with Crippen molar-refractivity contribution in [2.75, 3.05) is 37.0 Å². The van der Waals surface area contributed by atoms with Crippen molar-refractivity contribution >= 4 is 44.8 Å². The molecule has 0 aliphatic carbocycles. The van der Waals surface area contributed by atoms with Gasteiger partial charge in [0.25, 0.3) is 0 Å². The third kappa shape index (κ3) is 5.30. The molecular formula is C25H28N6OS. The number of urea groups is 1. The van der Waals surface area contributed by atoms with E-state index in [0.29, 0.717) is 11.5 Å². The Balaban J connectivity index is 1.57. The van der Waals surface area contributed by atoms with Gasteiger partial charge < -0.3 is 21.3 Å². The van der Waals surface area contributed by atoms with Crippen LogP contribution < -0.4 is 16.4 Å². The van der Waals surface area contributed by atoms with Gasteiger partial charge in [0.2, 0.25) is 0 Å². The number of aromatic nitrogens is 2. The van der Waals surface area contributed by atoms with Gasteiger partial charge in [-0.3, -0.25) is 0 Å². The van der Waals surface area contributed by atoms with E-state index < -0.39 is 0 Å². The van der Waals surface area contributed by atoms with Crippen molar-refractivity contribution in [3.8, 4) is 11.1 Å². The highest BCUT2D eigenvalue weighted by Crippen LogP contribution is 2.40. The molecule has 0 aliphatic heterocycles. The zero-order valence-corrected chi connectivity index (χ0v) is 20.1. The number of anilines is 3. The third-order valence-electron chi connectivity index (χ3n) is 5.29. The number of fused-ring (bicyclic) bond motifs is 1. The smallest absolute Gasteiger partial charge is 0.323 e. The number of amides is 2. The zero-order chi connectivity index (χ0) is 23.5. The van der Waals surface area contributed by atoms with Gasteiger partial charge in [-0.05, 0) is 75.3 Å². The van der Waals surface area contributed by atoms with E-state index in [-0.39, 0.29) is 6.03 Å². The van der Waals surface area contributed by atoms with E-state index in [2.05, 4.69) is 45.7 Å². The summed E-state index contributed by atoms with van der Waals surface area (Å²) in [6.07, 6.45) is 2.40. The molecule has 4 aromatic rings. The summed E-state index contributed by atoms with van der Waals surface area (Å²) < 4.78 is 0. The Morgan fingerprint density at radius 1 is 1.00 bits per heavy atom. The van der Waals surface area contributed by atoms with E-state index in [1.807, 2.05) is 50.2 Å². The third-order valence-corrected chi connectivity index (χ3v) is 6.45. The molecule has 0 fully saturated rings. The molecule has 0 spiro atoms. The first-order valence-corrected chi connectivity index (χ1v) is 11.5. The molecule has 0 saturated heterocycles. The van der Waals surface area contributed by atoms with E-state index in [0.717, 1.165) is 51.1 Å². The number of rotatable bonds is 6. The topological polar surface area (TPSA) is 96.2 Å². The summed E-state index contributed by atoms with van der Waals surface area (Å²) in [4.78, 5) is 25.4. The van der Waals surface area contributed by atoms with Crippen LogP contribution in [0.4, 0.5) is 22.0 Å². The molecule has 4 N–H and O–H groups in total. The van der Waals surface area contributed by atoms with Crippen LogP contribution in [-0.2, 0) is 6.42 Å². The van der Waals surface area contributed by atoms with Gasteiger partial charge in [0, 0.05) is 28.4 Å². The van der Waals surface area contributed by atoms with Gasteiger partial charge >= 0.3 is 6.03 Å². The number of nitrogen functional groups attached to an aromatic ring is 1. The number of nitrogens with two attached hydrogens (primary N) is 1. The second-order valence-corrected chi connectivity index (χ2v) is 9.51. The van der Waals surface area contributed by atoms with Gasteiger partial charge in [0.15, 0.2) is 0 Å². The number of carbonyl (C=O) groups is 1. The van der Waals surface area contributed by atoms with Crippen molar-refractivity contribution in [3.05, 3.63) is 64.8 Å². The summed E-state index contributed by atoms with van der Waals surface area (Å²) >= 11 is 1.66. The van der Waals surface area contributed by atoms with Crippen LogP contribution >= 0.6 is 11.3 Å². The number of nitrogens with zero attached hydrogens (tertiary/aromatic N) is 3. The molecule has 4 rings (SSSR count). The number of nitrogens with one attached hydrogen (secondary N) is 2. The van der Waals surface area contributed by atoms with Crippen molar-refractivity contribution in [1.29, 1.82) is 0 Å². The van der Waals surface area contributed by atoms with Crippen LogP contribution in [-0.4, -0.2) is 41.5 Å². The molecule has 0 unspecified atom stereocenters. The second-order valence-electron chi connectivity index (χ2n) is 8.43. The van der Waals surface area contributed by atoms with Crippen molar-refractivity contribution in [2.24, 2.45) is 0 Å². The molecule has 2 aromatic carbocycles. The van der Waals surface area contributed by atoms with Gasteiger partial charge in [-0.2, -0.15) is 0 Å². The van der Waals surface area contributed by atoms with Crippen LogP contribution in [0.2, 0.25) is 0 Å². The Labute approximate surface area is 197 Å². The number of benzene rings is 2. The lowest BCUT2D eigenvalue weighted by atomic mass is 10.0. The molecule has 2 amide bonds. The monoisotopic (exact) mass is 460 g/mol. The second kappa shape index (κ2) is 9.56. The summed E-state index contributed by atoms with van der Waals surface area (Å²) in [5.74, 6) is 0.484. The summed E-state index contributed by atoms with van der Waals surface area (Å²) in [7, 11) is 4.12. The van der Waals surface area contributed by atoms with Crippen molar-refractivity contribution in [3.63, 3.8) is 0 Å². The van der Waals surface area contributed by atoms with Gasteiger partial charge in [-0.25, -0.2) is 14.8 Å². The van der Waals surface area contributed by atoms with Crippen LogP contribution in [0.1, 0.15) is 16.0 Å². The van der Waals surface area contributed by atoms with Crippen molar-refractivity contribution in [2.45, 2.75) is 20.3 Å². The van der Waals surface area contributed by atoms with Gasteiger partial charge in [0.1, 0.15) is 17.0 Å². The highest BCUT2D eigenvalue weighted by Gasteiger charge is 2.18. The van der Waals surface area contributed by atoms with Crippen molar-refractivity contribution < 1.29 is 4.79 Å². The number of aryl methyl sites for hydroxylation is 2. The molecule has 0 atom stereocenters. The fourth-order valence-corrected chi connectivity index (χ4v) is 5.03. The number of hydrogen-bond donors (Lipinski definition) is 3. The summed E-state index contributed by atoms with van der Waals surface area (Å²) in [6.45, 7) is 4.94. The van der Waals surface area contributed by atoms with E-state index in [4.69, 9.17) is 5.73 Å². The average molecular weight is 461 g/mol. The van der Waals surface area contributed by atoms with E-state index >= 15 is 0 Å². The highest BCUT2D eigenvalue weighted by molar-refractivity contribution is 7.19. The zero-order valence-electron chi connectivity index (χ0n) is 19.3. The van der Waals surface area contributed by atoms with Crippen LogP contribution in [0.3, 0.4) is 0 Å². The molecule has 8 heteroatoms. The van der Waals surface area contributed by atoms with Crippen molar-refractivity contribution in [1.82, 2.24) is 14.9 Å². The maximum absolute atomic E-state index is 12.5. The lowest BCUT2D eigenvalue weighted by Gasteiger charge is -2.12. The van der Waals surface area contributed by atoms with Crippen LogP contribution in [0, 0.1) is 13.8 Å². The van der Waals surface area contributed by atoms with Gasteiger partial charge in [-0.15, -0.1) is 11.3 Å². The van der Waals surface area contributed by atoms with E-state index in [9.17, 15) is 4.79 Å². The maximum Gasteiger partial charge on any atom is 0.323 e. The normalized spacial score (nSPS) is 11.2. The fraction of sp³-hybridized carbons (Fsp3) is 0.240. The minimum Gasteiger partial charge on any atom is -0.383 e. The summed E-state index contributed by atoms with van der Waals surface area (Å²) in [5.41, 5.74) is 12.0. The Kier molecular flexibility index (Phi) is 6.57. The minimum atomic E-state index is -0.280. The van der Waals surface area contributed by atoms with E-state index in [1.165, 1.54) is 11.2 Å². The molecule has 2 aromatic heterocycles. The quantitative estimate of drug-likeness (QED) is 0.363. The van der Waals surface area contributed by atoms with Crippen LogP contribution in [0.15, 0.2) is 48.8 Å². The molecule has 7 nitrogen and oxygen atoms in total. The Morgan fingerprint density at radius 2 is 1.67 bits per heavy atom. The SMILES string of the molecule is Cc1cc(C)cc(NC(=O)Nc2ccc(-c3c(CCN(C)C)sc4ncnc(N)c34)cc2)c1.